The number of aryl methyl sites for hydroxylation is 2. The highest BCUT2D eigenvalue weighted by Gasteiger charge is 2.34. The predicted molar refractivity (Wildman–Crippen MR) is 126 cm³/mol. The Morgan fingerprint density at radius 3 is 2.52 bits per heavy atom. The number of thioether (sulfide) groups is 1. The Hall–Kier alpha value is -3.66. The number of pyridine rings is 1. The topological polar surface area (TPSA) is 106 Å². The average Bonchev–Trinajstić information content (AvgIpc) is 3.25. The summed E-state index contributed by atoms with van der Waals surface area (Å²) in [6, 6.07) is 11.0. The number of para-hydroxylation sites is 2. The van der Waals surface area contributed by atoms with Crippen molar-refractivity contribution in [2.24, 2.45) is 0 Å². The van der Waals surface area contributed by atoms with E-state index >= 15 is 0 Å². The van der Waals surface area contributed by atoms with E-state index in [1.165, 1.54) is 0 Å². The van der Waals surface area contributed by atoms with E-state index in [1.807, 2.05) is 31.2 Å². The van der Waals surface area contributed by atoms with Gasteiger partial charge in [0.1, 0.15) is 0 Å². The van der Waals surface area contributed by atoms with Crippen molar-refractivity contribution in [3.63, 3.8) is 0 Å². The third-order valence-corrected chi connectivity index (χ3v) is 6.22. The predicted octanol–water partition coefficient (Wildman–Crippen LogP) is 2.46. The number of fused-ring (bicyclic) bond motifs is 1. The van der Waals surface area contributed by atoms with E-state index in [1.54, 1.807) is 39.7 Å². The maximum absolute atomic E-state index is 12.7. The Morgan fingerprint density at radius 1 is 1.06 bits per heavy atom. The van der Waals surface area contributed by atoms with Gasteiger partial charge in [0.05, 0.1) is 15.9 Å². The number of carbonyl (C=O) groups is 3. The van der Waals surface area contributed by atoms with E-state index in [2.05, 4.69) is 10.3 Å². The van der Waals surface area contributed by atoms with Gasteiger partial charge in [-0.2, -0.15) is 0 Å². The van der Waals surface area contributed by atoms with Gasteiger partial charge in [0.2, 0.25) is 5.91 Å². The molecule has 0 unspecified atom stereocenters. The molecule has 0 atom stereocenters. The van der Waals surface area contributed by atoms with Crippen LogP contribution >= 0.6 is 11.8 Å². The van der Waals surface area contributed by atoms with Crippen LogP contribution in [0.25, 0.3) is 17.1 Å². The molecule has 9 nitrogen and oxygen atoms in total. The van der Waals surface area contributed by atoms with Crippen LogP contribution < -0.4 is 11.0 Å². The van der Waals surface area contributed by atoms with Crippen molar-refractivity contribution in [3.8, 4) is 0 Å². The van der Waals surface area contributed by atoms with Gasteiger partial charge in [0.15, 0.2) is 0 Å². The second-order valence-corrected chi connectivity index (χ2v) is 8.38. The highest BCUT2D eigenvalue weighted by Crippen LogP contribution is 2.31. The minimum atomic E-state index is -0.387. The highest BCUT2D eigenvalue weighted by molar-refractivity contribution is 8.18. The van der Waals surface area contributed by atoms with Crippen LogP contribution in [0.4, 0.5) is 4.79 Å². The molecule has 0 bridgehead atoms. The van der Waals surface area contributed by atoms with Crippen LogP contribution in [0.15, 0.2) is 58.5 Å². The van der Waals surface area contributed by atoms with Crippen molar-refractivity contribution in [3.05, 3.63) is 69.7 Å². The molecular weight excluding hydrogens is 442 g/mol. The monoisotopic (exact) mass is 465 g/mol. The molecule has 1 aliphatic rings. The molecule has 0 radical (unpaired) electrons. The van der Waals surface area contributed by atoms with Crippen molar-refractivity contribution in [2.75, 3.05) is 13.1 Å². The molecule has 2 aromatic heterocycles. The van der Waals surface area contributed by atoms with Gasteiger partial charge >= 0.3 is 5.69 Å². The molecule has 1 N–H and O–H groups in total. The molecule has 1 aliphatic heterocycles. The zero-order valence-electron chi connectivity index (χ0n) is 18.1. The van der Waals surface area contributed by atoms with Crippen LogP contribution in [0.2, 0.25) is 0 Å². The Balaban J connectivity index is 1.32. The van der Waals surface area contributed by atoms with E-state index in [9.17, 15) is 19.2 Å². The highest BCUT2D eigenvalue weighted by atomic mass is 32.2. The quantitative estimate of drug-likeness (QED) is 0.512. The molecule has 33 heavy (non-hydrogen) atoms. The van der Waals surface area contributed by atoms with Gasteiger partial charge in [-0.15, -0.1) is 0 Å². The maximum Gasteiger partial charge on any atom is 0.329 e. The van der Waals surface area contributed by atoms with Crippen LogP contribution in [0.5, 0.6) is 0 Å². The van der Waals surface area contributed by atoms with E-state index in [0.29, 0.717) is 11.4 Å². The zero-order chi connectivity index (χ0) is 23.4. The van der Waals surface area contributed by atoms with Crippen molar-refractivity contribution in [1.82, 2.24) is 24.3 Å². The zero-order valence-corrected chi connectivity index (χ0v) is 18.9. The molecule has 3 heterocycles. The Morgan fingerprint density at radius 2 is 1.82 bits per heavy atom. The van der Waals surface area contributed by atoms with Crippen LogP contribution in [0.3, 0.4) is 0 Å². The number of benzene rings is 1. The number of hydrogen-bond acceptors (Lipinski definition) is 6. The second kappa shape index (κ2) is 9.86. The van der Waals surface area contributed by atoms with E-state index < -0.39 is 0 Å². The first kappa shape index (κ1) is 22.5. The Bertz CT molecular complexity index is 1300. The minimum absolute atomic E-state index is 0.0792. The molecule has 0 aliphatic carbocycles. The van der Waals surface area contributed by atoms with Gasteiger partial charge in [0.25, 0.3) is 11.1 Å². The summed E-state index contributed by atoms with van der Waals surface area (Å²) < 4.78 is 3.27. The normalized spacial score (nSPS) is 15.1. The number of imidazole rings is 1. The molecule has 170 valence electrons. The molecule has 1 saturated heterocycles. The third-order valence-electron chi connectivity index (χ3n) is 5.32. The lowest BCUT2D eigenvalue weighted by Gasteiger charge is -2.13. The van der Waals surface area contributed by atoms with Crippen molar-refractivity contribution in [2.45, 2.75) is 26.4 Å². The number of nitrogens with one attached hydrogen (secondary N) is 1. The maximum atomic E-state index is 12.7. The number of nitrogens with zero attached hydrogens (tertiary/aromatic N) is 4. The van der Waals surface area contributed by atoms with Crippen LogP contribution in [-0.4, -0.2) is 49.2 Å². The van der Waals surface area contributed by atoms with E-state index in [0.717, 1.165) is 33.3 Å². The van der Waals surface area contributed by atoms with Crippen LogP contribution in [0.1, 0.15) is 18.9 Å². The first-order valence-electron chi connectivity index (χ1n) is 10.6. The summed E-state index contributed by atoms with van der Waals surface area (Å²) in [5.74, 6) is -0.643. The average molecular weight is 466 g/mol. The Labute approximate surface area is 194 Å². The molecule has 1 aromatic carbocycles. The Kier molecular flexibility index (Phi) is 6.74. The molecule has 10 heteroatoms. The summed E-state index contributed by atoms with van der Waals surface area (Å²) in [5.41, 5.74) is 2.21. The van der Waals surface area contributed by atoms with Crippen LogP contribution in [-0.2, 0) is 22.7 Å². The number of rotatable bonds is 8. The molecule has 1 fully saturated rings. The minimum Gasteiger partial charge on any atom is -0.354 e. The summed E-state index contributed by atoms with van der Waals surface area (Å²) >= 11 is 0.868. The molecule has 0 spiro atoms. The molecular formula is C23H23N5O4S. The van der Waals surface area contributed by atoms with Gasteiger partial charge in [-0.05, 0) is 48.5 Å². The summed E-state index contributed by atoms with van der Waals surface area (Å²) in [7, 11) is 0. The van der Waals surface area contributed by atoms with Gasteiger partial charge in [-0.25, -0.2) is 4.79 Å². The standard InChI is InChI=1S/C23H23N5O4S/c1-2-26-17-7-3-4-8-18(17)27(22(26)31)12-9-20(29)25-11-13-28-21(30)19(33-23(28)32)14-16-6-5-10-24-15-16/h3-8,10,14-15H,2,9,11-13H2,1H3,(H,25,29)/b19-14-. The smallest absolute Gasteiger partial charge is 0.329 e. The van der Waals surface area contributed by atoms with E-state index in [4.69, 9.17) is 0 Å². The fraction of sp³-hybridized carbons (Fsp3) is 0.261. The summed E-state index contributed by atoms with van der Waals surface area (Å²) in [6.07, 6.45) is 4.97. The van der Waals surface area contributed by atoms with Gasteiger partial charge < -0.3 is 5.32 Å². The number of amides is 3. The molecule has 0 saturated carbocycles. The lowest BCUT2D eigenvalue weighted by atomic mass is 10.2. The third kappa shape index (κ3) is 4.75. The molecule has 4 rings (SSSR count). The van der Waals surface area contributed by atoms with Gasteiger partial charge in [-0.1, -0.05) is 18.2 Å². The van der Waals surface area contributed by atoms with Crippen LogP contribution in [0, 0.1) is 0 Å². The lowest BCUT2D eigenvalue weighted by molar-refractivity contribution is -0.124. The second-order valence-electron chi connectivity index (χ2n) is 7.39. The first-order valence-corrected chi connectivity index (χ1v) is 11.4. The SMILES string of the molecule is CCn1c(=O)n(CCC(=O)NCCN2C(=O)S/C(=C\c3cccnc3)C2=O)c2ccccc21. The first-order chi connectivity index (χ1) is 16.0. The molecule has 3 amide bonds. The largest absolute Gasteiger partial charge is 0.354 e. The van der Waals surface area contributed by atoms with Crippen molar-refractivity contribution >= 4 is 45.9 Å². The summed E-state index contributed by atoms with van der Waals surface area (Å²) in [5, 5.41) is 2.36. The van der Waals surface area contributed by atoms with Gasteiger partial charge in [0, 0.05) is 45.0 Å². The summed E-state index contributed by atoms with van der Waals surface area (Å²) in [6.45, 7) is 2.92. The fourth-order valence-corrected chi connectivity index (χ4v) is 4.57. The summed E-state index contributed by atoms with van der Waals surface area (Å²) in [4.78, 5) is 55.2. The molecule has 3 aromatic rings. The number of imide groups is 1. The number of carbonyl (C=O) groups excluding carboxylic acids is 3. The number of aromatic nitrogens is 3. The lowest BCUT2D eigenvalue weighted by Crippen LogP contribution is -2.37. The van der Waals surface area contributed by atoms with E-state index in [-0.39, 0.29) is 48.8 Å². The number of hydrogen-bond donors (Lipinski definition) is 1. The van der Waals surface area contributed by atoms with Crippen molar-refractivity contribution < 1.29 is 14.4 Å². The fourth-order valence-electron chi connectivity index (χ4n) is 3.71. The van der Waals surface area contributed by atoms with Crippen molar-refractivity contribution in [1.29, 1.82) is 0 Å². The van der Waals surface area contributed by atoms with Gasteiger partial charge in [-0.3, -0.25) is 33.4 Å².